The van der Waals surface area contributed by atoms with E-state index in [-0.39, 0.29) is 30.3 Å². The molecule has 0 bridgehead atoms. The molecule has 0 saturated carbocycles. The molecule has 0 saturated heterocycles. The Kier molecular flexibility index (Phi) is 7.53. The number of ketones is 1. The smallest absolute Gasteiger partial charge is 0.325 e. The second kappa shape index (κ2) is 9.87. The van der Waals surface area contributed by atoms with Crippen molar-refractivity contribution < 1.29 is 23.9 Å². The molecule has 1 N–H and O–H groups in total. The third kappa shape index (κ3) is 6.75. The molecule has 0 aliphatic carbocycles. The molecule has 0 aromatic heterocycles. The molecule has 0 aliphatic heterocycles. The van der Waals surface area contributed by atoms with Gasteiger partial charge in [0, 0.05) is 11.1 Å². The van der Waals surface area contributed by atoms with Crippen LogP contribution in [0.5, 0.6) is 5.75 Å². The molecule has 0 aliphatic rings. The molecule has 0 spiro atoms. The Morgan fingerprint density at radius 3 is 2.03 bits per heavy atom. The zero-order valence-corrected chi connectivity index (χ0v) is 17.3. The Bertz CT molecular complexity index is 848. The quantitative estimate of drug-likeness (QED) is 0.544. The third-order valence-corrected chi connectivity index (χ3v) is 4.26. The molecule has 2 aromatic rings. The van der Waals surface area contributed by atoms with E-state index in [9.17, 15) is 14.4 Å². The van der Waals surface area contributed by atoms with Crippen LogP contribution < -0.4 is 10.1 Å². The lowest BCUT2D eigenvalue weighted by molar-refractivity contribution is -0.141. The van der Waals surface area contributed by atoms with Gasteiger partial charge in [-0.15, -0.1) is 0 Å². The van der Waals surface area contributed by atoms with Gasteiger partial charge in [0.15, 0.2) is 12.4 Å². The van der Waals surface area contributed by atoms with Crippen LogP contribution in [0.1, 0.15) is 54.0 Å². The minimum absolute atomic E-state index is 0.00526. The van der Waals surface area contributed by atoms with Gasteiger partial charge in [-0.25, -0.2) is 0 Å². The van der Waals surface area contributed by atoms with Crippen molar-refractivity contribution in [1.29, 1.82) is 0 Å². The monoisotopic (exact) mass is 397 g/mol. The third-order valence-electron chi connectivity index (χ3n) is 4.26. The van der Waals surface area contributed by atoms with Crippen molar-refractivity contribution in [2.75, 3.05) is 19.8 Å². The van der Waals surface area contributed by atoms with E-state index >= 15 is 0 Å². The van der Waals surface area contributed by atoms with E-state index in [0.717, 1.165) is 5.56 Å². The van der Waals surface area contributed by atoms with Crippen LogP contribution >= 0.6 is 0 Å². The number of rotatable bonds is 8. The first kappa shape index (κ1) is 22.1. The lowest BCUT2D eigenvalue weighted by Gasteiger charge is -2.19. The van der Waals surface area contributed by atoms with Crippen molar-refractivity contribution in [2.24, 2.45) is 0 Å². The van der Waals surface area contributed by atoms with E-state index in [0.29, 0.717) is 23.5 Å². The lowest BCUT2D eigenvalue weighted by atomic mass is 9.87. The van der Waals surface area contributed by atoms with Crippen LogP contribution in [-0.4, -0.2) is 37.4 Å². The number of ether oxygens (including phenoxy) is 2. The maximum Gasteiger partial charge on any atom is 0.325 e. The second-order valence-corrected chi connectivity index (χ2v) is 7.55. The second-order valence-electron chi connectivity index (χ2n) is 7.55. The highest BCUT2D eigenvalue weighted by Gasteiger charge is 2.15. The number of hydrogen-bond donors (Lipinski definition) is 1. The SMILES string of the molecule is CCOc1ccc(C(=O)COC(=O)CNC(=O)c2ccc(C(C)(C)C)cc2)cc1. The average molecular weight is 397 g/mol. The fraction of sp³-hybridized carbons (Fsp3) is 0.348. The first-order valence-electron chi connectivity index (χ1n) is 9.51. The van der Waals surface area contributed by atoms with Gasteiger partial charge in [0.2, 0.25) is 0 Å². The molecule has 0 unspecified atom stereocenters. The Hall–Kier alpha value is -3.15. The summed E-state index contributed by atoms with van der Waals surface area (Å²) in [4.78, 5) is 36.1. The maximum absolute atomic E-state index is 12.2. The highest BCUT2D eigenvalue weighted by Crippen LogP contribution is 2.22. The molecule has 29 heavy (non-hydrogen) atoms. The highest BCUT2D eigenvalue weighted by molar-refractivity contribution is 5.99. The van der Waals surface area contributed by atoms with E-state index in [1.165, 1.54) is 0 Å². The summed E-state index contributed by atoms with van der Waals surface area (Å²) >= 11 is 0. The van der Waals surface area contributed by atoms with Crippen LogP contribution in [0.15, 0.2) is 48.5 Å². The summed E-state index contributed by atoms with van der Waals surface area (Å²) in [6, 6.07) is 13.8. The Labute approximate surface area is 171 Å². The van der Waals surface area contributed by atoms with Crippen LogP contribution in [0.2, 0.25) is 0 Å². The van der Waals surface area contributed by atoms with E-state index in [4.69, 9.17) is 9.47 Å². The molecule has 6 heteroatoms. The Morgan fingerprint density at radius 2 is 1.48 bits per heavy atom. The predicted octanol–water partition coefficient (Wildman–Crippen LogP) is 3.54. The standard InChI is InChI=1S/C23H27NO5/c1-5-28-19-12-8-16(9-13-19)20(25)15-29-21(26)14-24-22(27)17-6-10-18(11-7-17)23(2,3)4/h6-13H,5,14-15H2,1-4H3,(H,24,27). The van der Waals surface area contributed by atoms with Gasteiger partial charge in [0.05, 0.1) is 6.61 Å². The van der Waals surface area contributed by atoms with Crippen LogP contribution in [0.4, 0.5) is 0 Å². The maximum atomic E-state index is 12.2. The number of carbonyl (C=O) groups is 3. The molecule has 154 valence electrons. The van der Waals surface area contributed by atoms with Crippen molar-refractivity contribution in [3.8, 4) is 5.75 Å². The highest BCUT2D eigenvalue weighted by atomic mass is 16.5. The van der Waals surface area contributed by atoms with Gasteiger partial charge in [-0.1, -0.05) is 32.9 Å². The largest absolute Gasteiger partial charge is 0.494 e. The van der Waals surface area contributed by atoms with Crippen LogP contribution in [-0.2, 0) is 14.9 Å². The van der Waals surface area contributed by atoms with Crippen LogP contribution in [0.3, 0.4) is 0 Å². The summed E-state index contributed by atoms with van der Waals surface area (Å²) in [5.41, 5.74) is 1.98. The van der Waals surface area contributed by atoms with Crippen molar-refractivity contribution in [1.82, 2.24) is 5.32 Å². The summed E-state index contributed by atoms with van der Waals surface area (Å²) in [7, 11) is 0. The first-order valence-corrected chi connectivity index (χ1v) is 9.51. The molecule has 2 rings (SSSR count). The zero-order chi connectivity index (χ0) is 21.4. The van der Waals surface area contributed by atoms with Crippen molar-refractivity contribution in [3.63, 3.8) is 0 Å². The summed E-state index contributed by atoms with van der Waals surface area (Å²) < 4.78 is 10.3. The molecule has 0 fully saturated rings. The Morgan fingerprint density at radius 1 is 0.897 bits per heavy atom. The molecule has 0 atom stereocenters. The van der Waals surface area contributed by atoms with Gasteiger partial charge in [-0.3, -0.25) is 14.4 Å². The van der Waals surface area contributed by atoms with Gasteiger partial charge in [0.1, 0.15) is 12.3 Å². The lowest BCUT2D eigenvalue weighted by Crippen LogP contribution is -2.31. The molecule has 0 heterocycles. The minimum atomic E-state index is -0.677. The molecule has 1 amide bonds. The van der Waals surface area contributed by atoms with E-state index in [2.05, 4.69) is 26.1 Å². The summed E-state index contributed by atoms with van der Waals surface area (Å²) in [6.45, 7) is 7.99. The van der Waals surface area contributed by atoms with Crippen molar-refractivity contribution in [2.45, 2.75) is 33.1 Å². The van der Waals surface area contributed by atoms with Crippen molar-refractivity contribution in [3.05, 3.63) is 65.2 Å². The summed E-state index contributed by atoms with van der Waals surface area (Å²) in [6.07, 6.45) is 0. The van der Waals surface area contributed by atoms with E-state index in [1.54, 1.807) is 36.4 Å². The number of esters is 1. The van der Waals surface area contributed by atoms with Gasteiger partial charge in [0.25, 0.3) is 5.91 Å². The predicted molar refractivity (Wildman–Crippen MR) is 110 cm³/mol. The molecule has 0 radical (unpaired) electrons. The number of benzene rings is 2. The normalized spacial score (nSPS) is 10.9. The number of nitrogens with one attached hydrogen (secondary N) is 1. The van der Waals surface area contributed by atoms with Gasteiger partial charge >= 0.3 is 5.97 Å². The fourth-order valence-corrected chi connectivity index (χ4v) is 2.56. The summed E-state index contributed by atoms with van der Waals surface area (Å²) in [5, 5.41) is 2.50. The first-order chi connectivity index (χ1) is 13.7. The van der Waals surface area contributed by atoms with E-state index < -0.39 is 5.97 Å². The van der Waals surface area contributed by atoms with Gasteiger partial charge < -0.3 is 14.8 Å². The van der Waals surface area contributed by atoms with Crippen LogP contribution in [0, 0.1) is 0 Å². The Balaban J connectivity index is 1.79. The average Bonchev–Trinajstić information content (AvgIpc) is 2.70. The van der Waals surface area contributed by atoms with Gasteiger partial charge in [-0.2, -0.15) is 0 Å². The number of Topliss-reactive ketones (excluding diaryl/α,β-unsaturated/α-hetero) is 1. The molecular formula is C23H27NO5. The fourth-order valence-electron chi connectivity index (χ4n) is 2.56. The topological polar surface area (TPSA) is 81.7 Å². The van der Waals surface area contributed by atoms with Crippen LogP contribution in [0.25, 0.3) is 0 Å². The zero-order valence-electron chi connectivity index (χ0n) is 17.3. The molecular weight excluding hydrogens is 370 g/mol. The molecule has 2 aromatic carbocycles. The van der Waals surface area contributed by atoms with Gasteiger partial charge in [-0.05, 0) is 54.3 Å². The van der Waals surface area contributed by atoms with E-state index in [1.807, 2.05) is 19.1 Å². The summed E-state index contributed by atoms with van der Waals surface area (Å²) in [5.74, 6) is -0.714. The minimum Gasteiger partial charge on any atom is -0.494 e. The van der Waals surface area contributed by atoms with Crippen molar-refractivity contribution >= 4 is 17.7 Å². The number of carbonyl (C=O) groups excluding carboxylic acids is 3. The number of hydrogen-bond acceptors (Lipinski definition) is 5. The number of amides is 1. The molecule has 6 nitrogen and oxygen atoms in total.